The Morgan fingerprint density at radius 3 is 2.63 bits per heavy atom. The van der Waals surface area contributed by atoms with Crippen LogP contribution in [-0.4, -0.2) is 68.1 Å². The van der Waals surface area contributed by atoms with Crippen molar-refractivity contribution in [3.8, 4) is 0 Å². The van der Waals surface area contributed by atoms with E-state index in [1.165, 1.54) is 0 Å². The van der Waals surface area contributed by atoms with Gasteiger partial charge in [0.1, 0.15) is 0 Å². The molecular formula is C12H22N2O5. The number of carboxylic acid groups (broad SMARTS) is 1. The SMILES string of the molecule is COCC(CNC(=O)N1CCC(C(=O)O)C1C)OC. The number of ether oxygens (including phenoxy) is 2. The fourth-order valence-corrected chi connectivity index (χ4v) is 2.26. The molecule has 0 saturated carbocycles. The molecule has 3 atom stereocenters. The number of hydrogen-bond acceptors (Lipinski definition) is 4. The number of carbonyl (C=O) groups is 2. The van der Waals surface area contributed by atoms with Gasteiger partial charge in [-0.05, 0) is 13.3 Å². The number of hydrogen-bond donors (Lipinski definition) is 2. The first kappa shape index (κ1) is 15.7. The van der Waals surface area contributed by atoms with Crippen LogP contribution in [0.25, 0.3) is 0 Å². The van der Waals surface area contributed by atoms with Crippen molar-refractivity contribution in [3.63, 3.8) is 0 Å². The summed E-state index contributed by atoms with van der Waals surface area (Å²) in [5, 5.41) is 11.8. The van der Waals surface area contributed by atoms with E-state index in [2.05, 4.69) is 5.32 Å². The summed E-state index contributed by atoms with van der Waals surface area (Å²) in [6.45, 7) is 2.95. The Hall–Kier alpha value is -1.34. The van der Waals surface area contributed by atoms with Crippen molar-refractivity contribution in [2.45, 2.75) is 25.5 Å². The molecule has 3 unspecified atom stereocenters. The second-order valence-electron chi connectivity index (χ2n) is 4.67. The average molecular weight is 274 g/mol. The van der Waals surface area contributed by atoms with Crippen LogP contribution in [0.15, 0.2) is 0 Å². The maximum Gasteiger partial charge on any atom is 0.317 e. The van der Waals surface area contributed by atoms with Gasteiger partial charge in [-0.15, -0.1) is 0 Å². The van der Waals surface area contributed by atoms with Crippen molar-refractivity contribution >= 4 is 12.0 Å². The van der Waals surface area contributed by atoms with Crippen LogP contribution in [0.5, 0.6) is 0 Å². The molecule has 0 aromatic heterocycles. The highest BCUT2D eigenvalue weighted by Crippen LogP contribution is 2.24. The van der Waals surface area contributed by atoms with Gasteiger partial charge in [-0.1, -0.05) is 0 Å². The van der Waals surface area contributed by atoms with E-state index in [1.54, 1.807) is 26.0 Å². The minimum Gasteiger partial charge on any atom is -0.481 e. The van der Waals surface area contributed by atoms with Crippen molar-refractivity contribution in [2.75, 3.05) is 33.9 Å². The molecule has 1 saturated heterocycles. The van der Waals surface area contributed by atoms with E-state index < -0.39 is 11.9 Å². The fraction of sp³-hybridized carbons (Fsp3) is 0.833. The smallest absolute Gasteiger partial charge is 0.317 e. The molecule has 0 spiro atoms. The first-order valence-corrected chi connectivity index (χ1v) is 6.30. The monoisotopic (exact) mass is 274 g/mol. The summed E-state index contributed by atoms with van der Waals surface area (Å²) in [5.41, 5.74) is 0. The minimum absolute atomic E-state index is 0.206. The molecule has 0 bridgehead atoms. The molecule has 1 aliphatic rings. The quantitative estimate of drug-likeness (QED) is 0.720. The van der Waals surface area contributed by atoms with Gasteiger partial charge in [-0.25, -0.2) is 4.79 Å². The zero-order chi connectivity index (χ0) is 14.4. The molecule has 110 valence electrons. The van der Waals surface area contributed by atoms with Gasteiger partial charge < -0.3 is 24.8 Å². The number of carboxylic acids is 1. The van der Waals surface area contributed by atoms with Gasteiger partial charge >= 0.3 is 12.0 Å². The molecule has 2 N–H and O–H groups in total. The summed E-state index contributed by atoms with van der Waals surface area (Å²) in [4.78, 5) is 24.5. The Balaban J connectivity index is 2.44. The Morgan fingerprint density at radius 1 is 1.47 bits per heavy atom. The zero-order valence-corrected chi connectivity index (χ0v) is 11.6. The lowest BCUT2D eigenvalue weighted by Gasteiger charge is -2.24. The van der Waals surface area contributed by atoms with Crippen LogP contribution in [-0.2, 0) is 14.3 Å². The standard InChI is InChI=1S/C12H22N2O5/c1-8-10(11(15)16)4-5-14(8)12(17)13-6-9(19-3)7-18-2/h8-10H,4-7H2,1-3H3,(H,13,17)(H,15,16). The van der Waals surface area contributed by atoms with Gasteiger partial charge in [0.15, 0.2) is 0 Å². The summed E-state index contributed by atoms with van der Waals surface area (Å²) < 4.78 is 10.1. The summed E-state index contributed by atoms with van der Waals surface area (Å²) in [7, 11) is 3.11. The molecule has 0 aromatic rings. The number of methoxy groups -OCH3 is 2. The van der Waals surface area contributed by atoms with Crippen LogP contribution in [0.2, 0.25) is 0 Å². The summed E-state index contributed by atoms with van der Waals surface area (Å²) in [5.74, 6) is -1.33. The molecular weight excluding hydrogens is 252 g/mol. The number of nitrogens with zero attached hydrogens (tertiary/aromatic N) is 1. The largest absolute Gasteiger partial charge is 0.481 e. The molecule has 19 heavy (non-hydrogen) atoms. The number of nitrogens with one attached hydrogen (secondary N) is 1. The summed E-state index contributed by atoms with van der Waals surface area (Å²) in [6.07, 6.45) is 0.289. The van der Waals surface area contributed by atoms with Crippen molar-refractivity contribution in [3.05, 3.63) is 0 Å². The van der Waals surface area contributed by atoms with E-state index in [0.717, 1.165) is 0 Å². The highest BCUT2D eigenvalue weighted by atomic mass is 16.5. The average Bonchev–Trinajstić information content (AvgIpc) is 2.76. The zero-order valence-electron chi connectivity index (χ0n) is 11.6. The van der Waals surface area contributed by atoms with E-state index >= 15 is 0 Å². The second-order valence-corrected chi connectivity index (χ2v) is 4.67. The fourth-order valence-electron chi connectivity index (χ4n) is 2.26. The van der Waals surface area contributed by atoms with Gasteiger partial charge in [-0.2, -0.15) is 0 Å². The molecule has 1 aliphatic heterocycles. The van der Waals surface area contributed by atoms with Crippen molar-refractivity contribution < 1.29 is 24.2 Å². The number of urea groups is 1. The van der Waals surface area contributed by atoms with Crippen molar-refractivity contribution in [2.24, 2.45) is 5.92 Å². The first-order valence-electron chi connectivity index (χ1n) is 6.30. The van der Waals surface area contributed by atoms with E-state index in [1.807, 2.05) is 0 Å². The molecule has 7 heteroatoms. The molecule has 7 nitrogen and oxygen atoms in total. The highest BCUT2D eigenvalue weighted by Gasteiger charge is 2.38. The molecule has 1 rings (SSSR count). The topological polar surface area (TPSA) is 88.1 Å². The maximum absolute atomic E-state index is 12.0. The van der Waals surface area contributed by atoms with Gasteiger partial charge in [-0.3, -0.25) is 4.79 Å². The summed E-state index contributed by atoms with van der Waals surface area (Å²) >= 11 is 0. The van der Waals surface area contributed by atoms with Crippen molar-refractivity contribution in [1.82, 2.24) is 10.2 Å². The van der Waals surface area contributed by atoms with Crippen LogP contribution in [0.4, 0.5) is 4.79 Å². The predicted molar refractivity (Wildman–Crippen MR) is 68.0 cm³/mol. The lowest BCUT2D eigenvalue weighted by Crippen LogP contribution is -2.46. The molecule has 0 radical (unpaired) electrons. The van der Waals surface area contributed by atoms with Crippen LogP contribution in [0.3, 0.4) is 0 Å². The number of aliphatic carboxylic acids is 1. The predicted octanol–water partition coefficient (Wildman–Crippen LogP) is 0.152. The maximum atomic E-state index is 12.0. The van der Waals surface area contributed by atoms with E-state index in [9.17, 15) is 9.59 Å². The number of rotatable bonds is 6. The highest BCUT2D eigenvalue weighted by molar-refractivity contribution is 5.78. The Labute approximate surface area is 112 Å². The number of carbonyl (C=O) groups excluding carboxylic acids is 1. The second kappa shape index (κ2) is 7.30. The van der Waals surface area contributed by atoms with E-state index in [-0.39, 0.29) is 18.2 Å². The van der Waals surface area contributed by atoms with Gasteiger partial charge in [0, 0.05) is 33.4 Å². The van der Waals surface area contributed by atoms with Crippen LogP contribution in [0.1, 0.15) is 13.3 Å². The lowest BCUT2D eigenvalue weighted by atomic mass is 10.0. The third kappa shape index (κ3) is 4.07. The van der Waals surface area contributed by atoms with Gasteiger partial charge in [0.25, 0.3) is 0 Å². The van der Waals surface area contributed by atoms with E-state index in [0.29, 0.717) is 26.1 Å². The van der Waals surface area contributed by atoms with Gasteiger partial charge in [0.05, 0.1) is 18.6 Å². The minimum atomic E-state index is -0.850. The molecule has 2 amide bonds. The molecule has 1 fully saturated rings. The molecule has 1 heterocycles. The number of likely N-dealkylation sites (tertiary alicyclic amines) is 1. The third-order valence-corrected chi connectivity index (χ3v) is 3.50. The summed E-state index contributed by atoms with van der Waals surface area (Å²) in [6, 6.07) is -0.546. The van der Waals surface area contributed by atoms with Crippen LogP contribution >= 0.6 is 0 Å². The Kier molecular flexibility index (Phi) is 6.04. The van der Waals surface area contributed by atoms with Crippen LogP contribution < -0.4 is 5.32 Å². The Morgan fingerprint density at radius 2 is 2.16 bits per heavy atom. The number of amides is 2. The third-order valence-electron chi connectivity index (χ3n) is 3.50. The van der Waals surface area contributed by atoms with Crippen LogP contribution in [0, 0.1) is 5.92 Å². The normalized spacial score (nSPS) is 24.3. The van der Waals surface area contributed by atoms with Crippen molar-refractivity contribution in [1.29, 1.82) is 0 Å². The lowest BCUT2D eigenvalue weighted by molar-refractivity contribution is -0.142. The first-order chi connectivity index (χ1) is 9.01. The molecule has 0 aliphatic carbocycles. The molecule has 0 aromatic carbocycles. The van der Waals surface area contributed by atoms with E-state index in [4.69, 9.17) is 14.6 Å². The van der Waals surface area contributed by atoms with Gasteiger partial charge in [0.2, 0.25) is 0 Å². The Bertz CT molecular complexity index is 323.